The highest BCUT2D eigenvalue weighted by Crippen LogP contribution is 2.35. The van der Waals surface area contributed by atoms with Gasteiger partial charge in [-0.05, 0) is 37.2 Å². The molecular formula is C20H26N2O2S2. The summed E-state index contributed by atoms with van der Waals surface area (Å²) in [7, 11) is 1.39. The topological polar surface area (TPSA) is 50.4 Å². The molecule has 0 radical (unpaired) electrons. The van der Waals surface area contributed by atoms with E-state index in [2.05, 4.69) is 24.5 Å². The van der Waals surface area contributed by atoms with Gasteiger partial charge in [0.05, 0.1) is 12.7 Å². The second-order valence-electron chi connectivity index (χ2n) is 6.21. The van der Waals surface area contributed by atoms with Crippen LogP contribution in [0.15, 0.2) is 36.4 Å². The minimum atomic E-state index is -0.371. The largest absolute Gasteiger partial charge is 0.465 e. The number of rotatable bonds is 8. The second kappa shape index (κ2) is 10.3. The Morgan fingerprint density at radius 1 is 1.27 bits per heavy atom. The molecule has 0 aliphatic heterocycles. The average Bonchev–Trinajstić information content (AvgIpc) is 3.05. The smallest absolute Gasteiger partial charge is 0.340 e. The van der Waals surface area contributed by atoms with E-state index in [4.69, 9.17) is 17.0 Å². The molecule has 1 aromatic carbocycles. The van der Waals surface area contributed by atoms with Gasteiger partial charge in [-0.2, -0.15) is 0 Å². The van der Waals surface area contributed by atoms with Crippen molar-refractivity contribution in [3.63, 3.8) is 0 Å². The number of hydrogen-bond donors (Lipinski definition) is 2. The van der Waals surface area contributed by atoms with Gasteiger partial charge >= 0.3 is 5.97 Å². The summed E-state index contributed by atoms with van der Waals surface area (Å²) >= 11 is 6.93. The van der Waals surface area contributed by atoms with E-state index >= 15 is 0 Å². The van der Waals surface area contributed by atoms with E-state index in [9.17, 15) is 4.79 Å². The quantitative estimate of drug-likeness (QED) is 0.356. The summed E-state index contributed by atoms with van der Waals surface area (Å²) in [5.74, 6) is -0.371. The predicted octanol–water partition coefficient (Wildman–Crippen LogP) is 5.46. The highest BCUT2D eigenvalue weighted by molar-refractivity contribution is 7.80. The maximum absolute atomic E-state index is 12.1. The molecule has 2 N–H and O–H groups in total. The normalized spacial score (nSPS) is 11.7. The van der Waals surface area contributed by atoms with Crippen LogP contribution in [-0.2, 0) is 4.74 Å². The Labute approximate surface area is 165 Å². The Bertz CT molecular complexity index is 729. The first-order valence-corrected chi connectivity index (χ1v) is 10.1. The van der Waals surface area contributed by atoms with Crippen LogP contribution in [0, 0.1) is 0 Å². The highest BCUT2D eigenvalue weighted by Gasteiger charge is 2.18. The molecule has 1 heterocycles. The van der Waals surface area contributed by atoms with Crippen molar-refractivity contribution in [1.82, 2.24) is 5.32 Å². The van der Waals surface area contributed by atoms with Gasteiger partial charge in [-0.3, -0.25) is 0 Å². The number of unbranched alkanes of at least 4 members (excludes halogenated alkanes) is 2. The van der Waals surface area contributed by atoms with Crippen LogP contribution >= 0.6 is 23.6 Å². The summed E-state index contributed by atoms with van der Waals surface area (Å²) in [6, 6.07) is 12.1. The molecule has 1 atom stereocenters. The summed E-state index contributed by atoms with van der Waals surface area (Å²) in [6.07, 6.45) is 4.68. The molecule has 2 rings (SSSR count). The summed E-state index contributed by atoms with van der Waals surface area (Å²) in [4.78, 5) is 13.1. The van der Waals surface area contributed by atoms with Crippen molar-refractivity contribution in [1.29, 1.82) is 0 Å². The van der Waals surface area contributed by atoms with Crippen molar-refractivity contribution < 1.29 is 9.53 Å². The van der Waals surface area contributed by atoms with E-state index < -0.39 is 0 Å². The van der Waals surface area contributed by atoms with Crippen LogP contribution < -0.4 is 10.6 Å². The number of carbonyl (C=O) groups excluding carboxylic acids is 1. The maximum atomic E-state index is 12.1. The lowest BCUT2D eigenvalue weighted by Crippen LogP contribution is -2.35. The van der Waals surface area contributed by atoms with E-state index in [0.29, 0.717) is 15.7 Å². The van der Waals surface area contributed by atoms with Crippen molar-refractivity contribution in [2.45, 2.75) is 45.6 Å². The van der Waals surface area contributed by atoms with Crippen LogP contribution in [0.5, 0.6) is 0 Å². The van der Waals surface area contributed by atoms with Gasteiger partial charge in [-0.1, -0.05) is 56.5 Å². The van der Waals surface area contributed by atoms with Gasteiger partial charge in [-0.25, -0.2) is 4.79 Å². The van der Waals surface area contributed by atoms with Gasteiger partial charge in [0.25, 0.3) is 0 Å². The number of anilines is 1. The third-order valence-electron chi connectivity index (χ3n) is 4.04. The third-order valence-corrected chi connectivity index (χ3v) is 5.36. The number of benzene rings is 1. The van der Waals surface area contributed by atoms with Gasteiger partial charge in [-0.15, -0.1) is 11.3 Å². The molecule has 1 aromatic heterocycles. The lowest BCUT2D eigenvalue weighted by Gasteiger charge is -2.16. The van der Waals surface area contributed by atoms with Crippen molar-refractivity contribution in [2.24, 2.45) is 0 Å². The Balaban J connectivity index is 2.10. The molecule has 0 amide bonds. The fraction of sp³-hybridized carbons (Fsp3) is 0.400. The van der Waals surface area contributed by atoms with Crippen LogP contribution in [0.1, 0.15) is 49.9 Å². The number of hydrogen-bond acceptors (Lipinski definition) is 4. The molecule has 4 nitrogen and oxygen atoms in total. The summed E-state index contributed by atoms with van der Waals surface area (Å²) in [5, 5.41) is 7.70. The number of methoxy groups -OCH3 is 1. The number of thiophene rings is 1. The van der Waals surface area contributed by atoms with Crippen LogP contribution in [0.2, 0.25) is 0 Å². The predicted molar refractivity (Wildman–Crippen MR) is 114 cm³/mol. The van der Waals surface area contributed by atoms with Crippen LogP contribution in [0.25, 0.3) is 10.4 Å². The van der Waals surface area contributed by atoms with Gasteiger partial charge in [0.1, 0.15) is 5.00 Å². The number of esters is 1. The molecule has 26 heavy (non-hydrogen) atoms. The lowest BCUT2D eigenvalue weighted by molar-refractivity contribution is 0.0602. The monoisotopic (exact) mass is 390 g/mol. The van der Waals surface area contributed by atoms with E-state index in [1.807, 2.05) is 36.4 Å². The molecule has 0 saturated heterocycles. The van der Waals surface area contributed by atoms with Crippen molar-refractivity contribution in [3.05, 3.63) is 42.0 Å². The van der Waals surface area contributed by atoms with Crippen LogP contribution in [0.3, 0.4) is 0 Å². The zero-order chi connectivity index (χ0) is 18.9. The molecule has 0 bridgehead atoms. The zero-order valence-corrected chi connectivity index (χ0v) is 17.1. The minimum absolute atomic E-state index is 0.289. The van der Waals surface area contributed by atoms with E-state index in [1.54, 1.807) is 0 Å². The molecule has 0 saturated carbocycles. The molecule has 1 unspecified atom stereocenters. The zero-order valence-electron chi connectivity index (χ0n) is 15.5. The van der Waals surface area contributed by atoms with Crippen molar-refractivity contribution in [2.75, 3.05) is 12.4 Å². The molecule has 0 aliphatic rings. The number of ether oxygens (including phenoxy) is 1. The highest BCUT2D eigenvalue weighted by atomic mass is 32.1. The number of carbonyl (C=O) groups is 1. The fourth-order valence-electron chi connectivity index (χ4n) is 2.63. The Hall–Kier alpha value is -1.92. The fourth-order valence-corrected chi connectivity index (χ4v) is 4.05. The van der Waals surface area contributed by atoms with E-state index in [-0.39, 0.29) is 12.0 Å². The number of nitrogens with one attached hydrogen (secondary N) is 2. The Morgan fingerprint density at radius 2 is 2.00 bits per heavy atom. The Kier molecular flexibility index (Phi) is 8.06. The molecule has 0 spiro atoms. The van der Waals surface area contributed by atoms with Crippen LogP contribution in [-0.4, -0.2) is 24.2 Å². The maximum Gasteiger partial charge on any atom is 0.340 e. The van der Waals surface area contributed by atoms with E-state index in [1.165, 1.54) is 37.7 Å². The van der Waals surface area contributed by atoms with E-state index in [0.717, 1.165) is 16.9 Å². The summed E-state index contributed by atoms with van der Waals surface area (Å²) in [6.45, 7) is 4.31. The van der Waals surface area contributed by atoms with Gasteiger partial charge in [0.2, 0.25) is 0 Å². The first kappa shape index (κ1) is 20.4. The van der Waals surface area contributed by atoms with Gasteiger partial charge in [0, 0.05) is 10.9 Å². The lowest BCUT2D eigenvalue weighted by atomic mass is 10.1. The standard InChI is InChI=1S/C20H26N2O2S2/c1-4-5-7-10-14(2)21-20(25)22-18-16(19(23)24-3)13-17(26-18)15-11-8-6-9-12-15/h6,8-9,11-14H,4-5,7,10H2,1-3H3,(H2,21,22,25). The minimum Gasteiger partial charge on any atom is -0.465 e. The molecule has 140 valence electrons. The molecule has 2 aromatic rings. The Morgan fingerprint density at radius 3 is 2.65 bits per heavy atom. The van der Waals surface area contributed by atoms with Gasteiger partial charge in [0.15, 0.2) is 5.11 Å². The van der Waals surface area contributed by atoms with Crippen molar-refractivity contribution >= 4 is 39.6 Å². The first-order valence-electron chi connectivity index (χ1n) is 8.90. The average molecular weight is 391 g/mol. The summed E-state index contributed by atoms with van der Waals surface area (Å²) < 4.78 is 4.92. The molecule has 6 heteroatoms. The SMILES string of the molecule is CCCCCC(C)NC(=S)Nc1sc(-c2ccccc2)cc1C(=O)OC. The van der Waals surface area contributed by atoms with Crippen LogP contribution in [0.4, 0.5) is 5.00 Å². The third kappa shape index (κ3) is 5.81. The molecule has 0 aliphatic carbocycles. The van der Waals surface area contributed by atoms with Gasteiger partial charge < -0.3 is 15.4 Å². The summed E-state index contributed by atoms with van der Waals surface area (Å²) in [5.41, 5.74) is 1.56. The van der Waals surface area contributed by atoms with Crippen molar-refractivity contribution in [3.8, 4) is 10.4 Å². The first-order chi connectivity index (χ1) is 12.5. The number of thiocarbonyl (C=S) groups is 1. The second-order valence-corrected chi connectivity index (χ2v) is 7.67. The molecule has 0 fully saturated rings. The molecular weight excluding hydrogens is 364 g/mol.